The molecule has 0 aliphatic rings. The van der Waals surface area contributed by atoms with E-state index in [0.717, 1.165) is 109 Å². The first kappa shape index (κ1) is 63.6. The van der Waals surface area contributed by atoms with Crippen LogP contribution >= 0.6 is 0 Å². The van der Waals surface area contributed by atoms with Crippen LogP contribution in [0, 0.1) is 0 Å². The van der Waals surface area contributed by atoms with Crippen LogP contribution in [0.3, 0.4) is 0 Å². The van der Waals surface area contributed by atoms with Crippen molar-refractivity contribution in [1.82, 2.24) is 0 Å². The zero-order valence-electron chi connectivity index (χ0n) is 43.9. The van der Waals surface area contributed by atoms with E-state index in [-0.39, 0.29) is 31.1 Å². The Bertz CT molecular complexity index is 1300. The molecule has 0 heterocycles. The number of esters is 3. The monoisotopic (exact) mass is 933 g/mol. The van der Waals surface area contributed by atoms with Gasteiger partial charge < -0.3 is 14.2 Å². The van der Waals surface area contributed by atoms with Crippen LogP contribution in [0.1, 0.15) is 265 Å². The van der Waals surface area contributed by atoms with Crippen LogP contribution in [-0.2, 0) is 28.6 Å². The molecule has 0 aliphatic carbocycles. The quantitative estimate of drug-likeness (QED) is 0.0262. The van der Waals surface area contributed by atoms with E-state index < -0.39 is 6.10 Å². The molecule has 0 aromatic rings. The topological polar surface area (TPSA) is 78.9 Å². The molecule has 0 fully saturated rings. The van der Waals surface area contributed by atoms with Crippen molar-refractivity contribution in [3.8, 4) is 0 Å². The summed E-state index contributed by atoms with van der Waals surface area (Å²) < 4.78 is 16.8. The fraction of sp³-hybridized carbons (Fsp3) is 0.721. The van der Waals surface area contributed by atoms with Crippen molar-refractivity contribution in [2.24, 2.45) is 0 Å². The molecule has 0 spiro atoms. The van der Waals surface area contributed by atoms with E-state index in [1.807, 2.05) is 0 Å². The molecule has 0 rings (SSSR count). The normalized spacial score (nSPS) is 12.7. The maximum atomic E-state index is 12.9. The number of rotatable bonds is 50. The number of allylic oxidation sites excluding steroid dienone is 14. The molecule has 0 aromatic carbocycles. The maximum absolute atomic E-state index is 12.9. The molecule has 6 nitrogen and oxygen atoms in total. The van der Waals surface area contributed by atoms with Gasteiger partial charge in [-0.05, 0) is 64.2 Å². The molecule has 0 saturated carbocycles. The second-order valence-electron chi connectivity index (χ2n) is 18.6. The second kappa shape index (κ2) is 55.2. The first-order chi connectivity index (χ1) is 33.0. The van der Waals surface area contributed by atoms with E-state index in [9.17, 15) is 14.4 Å². The smallest absolute Gasteiger partial charge is 0.306 e. The van der Waals surface area contributed by atoms with Crippen LogP contribution in [0.25, 0.3) is 0 Å². The molecule has 0 bridgehead atoms. The van der Waals surface area contributed by atoms with Crippen molar-refractivity contribution in [1.29, 1.82) is 0 Å². The highest BCUT2D eigenvalue weighted by molar-refractivity contribution is 5.71. The summed E-state index contributed by atoms with van der Waals surface area (Å²) in [5.41, 5.74) is 0. The van der Waals surface area contributed by atoms with Gasteiger partial charge in [0.1, 0.15) is 13.2 Å². The average Bonchev–Trinajstić information content (AvgIpc) is 3.33. The Balaban J connectivity index is 4.43. The summed E-state index contributed by atoms with van der Waals surface area (Å²) in [5.74, 6) is -0.928. The van der Waals surface area contributed by atoms with Gasteiger partial charge >= 0.3 is 17.9 Å². The Labute approximate surface area is 414 Å². The van der Waals surface area contributed by atoms with Crippen LogP contribution in [0.5, 0.6) is 0 Å². The third-order valence-corrected chi connectivity index (χ3v) is 12.0. The first-order valence-electron chi connectivity index (χ1n) is 28.2. The average molecular weight is 933 g/mol. The van der Waals surface area contributed by atoms with Crippen molar-refractivity contribution in [3.05, 3.63) is 85.1 Å². The Morgan fingerprint density at radius 3 is 0.940 bits per heavy atom. The highest BCUT2D eigenvalue weighted by Gasteiger charge is 2.19. The number of ether oxygens (including phenoxy) is 3. The summed E-state index contributed by atoms with van der Waals surface area (Å²) in [4.78, 5) is 38.1. The molecule has 67 heavy (non-hydrogen) atoms. The summed E-state index contributed by atoms with van der Waals surface area (Å²) in [6.07, 6.45) is 71.4. The molecule has 6 heteroatoms. The van der Waals surface area contributed by atoms with Crippen molar-refractivity contribution in [2.75, 3.05) is 13.2 Å². The molecule has 0 amide bonds. The Morgan fingerprint density at radius 2 is 0.582 bits per heavy atom. The van der Waals surface area contributed by atoms with E-state index in [0.29, 0.717) is 19.3 Å². The number of hydrogen-bond acceptors (Lipinski definition) is 6. The van der Waals surface area contributed by atoms with E-state index in [4.69, 9.17) is 14.2 Å². The Hall–Kier alpha value is -3.41. The molecule has 1 atom stereocenters. The lowest BCUT2D eigenvalue weighted by Crippen LogP contribution is -2.30. The highest BCUT2D eigenvalue weighted by Crippen LogP contribution is 2.16. The van der Waals surface area contributed by atoms with Crippen molar-refractivity contribution < 1.29 is 28.6 Å². The van der Waals surface area contributed by atoms with Crippen molar-refractivity contribution in [3.63, 3.8) is 0 Å². The summed E-state index contributed by atoms with van der Waals surface area (Å²) in [7, 11) is 0. The third kappa shape index (κ3) is 53.4. The summed E-state index contributed by atoms with van der Waals surface area (Å²) in [6.45, 7) is 6.45. The van der Waals surface area contributed by atoms with Gasteiger partial charge in [0.2, 0.25) is 0 Å². The van der Waals surface area contributed by atoms with Crippen LogP contribution in [0.4, 0.5) is 0 Å². The van der Waals surface area contributed by atoms with Crippen LogP contribution in [0.15, 0.2) is 85.1 Å². The number of carbonyl (C=O) groups is 3. The fourth-order valence-electron chi connectivity index (χ4n) is 7.81. The van der Waals surface area contributed by atoms with Gasteiger partial charge in [0.15, 0.2) is 6.10 Å². The largest absolute Gasteiger partial charge is 0.462 e. The summed E-state index contributed by atoms with van der Waals surface area (Å²) >= 11 is 0. The lowest BCUT2D eigenvalue weighted by molar-refractivity contribution is -0.167. The van der Waals surface area contributed by atoms with Gasteiger partial charge in [0, 0.05) is 19.3 Å². The zero-order chi connectivity index (χ0) is 48.6. The molecule has 0 saturated heterocycles. The zero-order valence-corrected chi connectivity index (χ0v) is 43.9. The van der Waals surface area contributed by atoms with Gasteiger partial charge in [-0.3, -0.25) is 14.4 Å². The predicted molar refractivity (Wildman–Crippen MR) is 288 cm³/mol. The molecule has 384 valence electrons. The minimum absolute atomic E-state index is 0.0938. The van der Waals surface area contributed by atoms with Crippen LogP contribution < -0.4 is 0 Å². The molecule has 0 aromatic heterocycles. The SMILES string of the molecule is CC\C=C/C=C\C=C/CCCCCCCC(=O)OCC(COC(=O)CCCCCCC\C=C/C=C\C=C/C=C\CCCCC)OC(=O)CCCCCCCCCCCCCCCCCCCC. The molecular formula is C61H104O6. The highest BCUT2D eigenvalue weighted by atomic mass is 16.6. The summed E-state index contributed by atoms with van der Waals surface area (Å²) in [6, 6.07) is 0. The van der Waals surface area contributed by atoms with Gasteiger partial charge in [0.25, 0.3) is 0 Å². The second-order valence-corrected chi connectivity index (χ2v) is 18.6. The first-order valence-corrected chi connectivity index (χ1v) is 28.2. The van der Waals surface area contributed by atoms with E-state index >= 15 is 0 Å². The summed E-state index contributed by atoms with van der Waals surface area (Å²) in [5, 5.41) is 0. The van der Waals surface area contributed by atoms with Gasteiger partial charge in [-0.15, -0.1) is 0 Å². The Morgan fingerprint density at radius 1 is 0.313 bits per heavy atom. The lowest BCUT2D eigenvalue weighted by Gasteiger charge is -2.18. The number of carbonyl (C=O) groups excluding carboxylic acids is 3. The molecule has 0 aliphatic heterocycles. The Kier molecular flexibility index (Phi) is 52.4. The standard InChI is InChI=1S/C61H104O6/c1-4-7-10-13-16-19-22-25-27-29-31-33-36-39-42-45-48-51-54-60(63)66-57-58(56-65-59(62)53-50-47-44-41-38-35-24-21-18-15-12-9-6-3)67-61(64)55-52-49-46-43-40-37-34-32-30-28-26-23-20-17-14-11-8-5-2/h9,12,15-16,18-19,21-22,24-25,27,29,31,33,58H,4-8,10-11,13-14,17,20,23,26,28,30,32,34-57H2,1-3H3/b12-9-,18-15-,19-16-,24-21-,25-22-,29-27-,33-31-. The van der Waals surface area contributed by atoms with Gasteiger partial charge in [-0.1, -0.05) is 266 Å². The fourth-order valence-corrected chi connectivity index (χ4v) is 7.81. The van der Waals surface area contributed by atoms with Gasteiger partial charge in [-0.2, -0.15) is 0 Å². The maximum Gasteiger partial charge on any atom is 0.306 e. The van der Waals surface area contributed by atoms with Crippen molar-refractivity contribution in [2.45, 2.75) is 271 Å². The molecular weight excluding hydrogens is 829 g/mol. The minimum Gasteiger partial charge on any atom is -0.462 e. The third-order valence-electron chi connectivity index (χ3n) is 12.0. The number of hydrogen-bond donors (Lipinski definition) is 0. The minimum atomic E-state index is -0.794. The number of unbranched alkanes of at least 4 members (excludes halogenated alkanes) is 30. The predicted octanol–water partition coefficient (Wildman–Crippen LogP) is 18.8. The molecule has 0 N–H and O–H groups in total. The van der Waals surface area contributed by atoms with Crippen LogP contribution in [0.2, 0.25) is 0 Å². The van der Waals surface area contributed by atoms with Crippen LogP contribution in [-0.4, -0.2) is 37.2 Å². The molecule has 1 unspecified atom stereocenters. The van der Waals surface area contributed by atoms with E-state index in [1.54, 1.807) is 0 Å². The van der Waals surface area contributed by atoms with E-state index in [1.165, 1.54) is 116 Å². The lowest BCUT2D eigenvalue weighted by atomic mass is 10.0. The molecule has 0 radical (unpaired) electrons. The van der Waals surface area contributed by atoms with Crippen molar-refractivity contribution >= 4 is 17.9 Å². The van der Waals surface area contributed by atoms with E-state index in [2.05, 4.69) is 106 Å². The van der Waals surface area contributed by atoms with Gasteiger partial charge in [-0.25, -0.2) is 0 Å². The van der Waals surface area contributed by atoms with Gasteiger partial charge in [0.05, 0.1) is 0 Å².